The van der Waals surface area contributed by atoms with Gasteiger partial charge in [0, 0.05) is 12.2 Å². The zero-order valence-electron chi connectivity index (χ0n) is 14.2. The summed E-state index contributed by atoms with van der Waals surface area (Å²) >= 11 is 0. The van der Waals surface area contributed by atoms with Gasteiger partial charge in [0.25, 0.3) is 0 Å². The van der Waals surface area contributed by atoms with E-state index in [2.05, 4.69) is 46.7 Å². The molecule has 0 aromatic heterocycles. The number of nitrogens with one attached hydrogen (secondary N) is 2. The number of likely N-dealkylation sites (N-methyl/N-ethyl adjacent to an activating group) is 1. The smallest absolute Gasteiger partial charge is 0.319 e. The highest BCUT2D eigenvalue weighted by atomic mass is 16.2. The summed E-state index contributed by atoms with van der Waals surface area (Å²) in [6.07, 6.45) is 0. The summed E-state index contributed by atoms with van der Waals surface area (Å²) in [7, 11) is 3.98. The first-order valence-corrected chi connectivity index (χ1v) is 7.77. The maximum Gasteiger partial charge on any atom is 0.319 e. The number of hydrogen-bond acceptors (Lipinski definition) is 3. The minimum absolute atomic E-state index is 0.0947. The Morgan fingerprint density at radius 2 is 1.75 bits per heavy atom. The molecule has 24 heavy (non-hydrogen) atoms. The molecule has 0 bridgehead atoms. The number of nitrogens with zero attached hydrogens (tertiary/aromatic N) is 2. The molecule has 0 unspecified atom stereocenters. The molecule has 0 saturated carbocycles. The van der Waals surface area contributed by atoms with Gasteiger partial charge in [0.15, 0.2) is 0 Å². The van der Waals surface area contributed by atoms with E-state index in [0.717, 1.165) is 5.56 Å². The Kier molecular flexibility index (Phi) is 5.94. The van der Waals surface area contributed by atoms with E-state index in [-0.39, 0.29) is 12.1 Å². The highest BCUT2D eigenvalue weighted by Crippen LogP contribution is 2.18. The molecule has 2 N–H and O–H groups in total. The third-order valence-corrected chi connectivity index (χ3v) is 3.81. The number of urea groups is 1. The van der Waals surface area contributed by atoms with Gasteiger partial charge in [-0.3, -0.25) is 0 Å². The minimum Gasteiger partial charge on any atom is -0.336 e. The molecule has 0 fully saturated rings. The summed E-state index contributed by atoms with van der Waals surface area (Å²) in [4.78, 5) is 14.1. The van der Waals surface area contributed by atoms with E-state index in [4.69, 9.17) is 5.26 Å². The third kappa shape index (κ3) is 4.83. The largest absolute Gasteiger partial charge is 0.336 e. The second-order valence-corrected chi connectivity index (χ2v) is 5.91. The first kappa shape index (κ1) is 17.5. The van der Waals surface area contributed by atoms with Crippen LogP contribution in [-0.2, 0) is 0 Å². The highest BCUT2D eigenvalue weighted by Gasteiger charge is 2.15. The number of nitriles is 1. The molecule has 0 heterocycles. The van der Waals surface area contributed by atoms with E-state index < -0.39 is 0 Å². The van der Waals surface area contributed by atoms with Crippen molar-refractivity contribution in [2.75, 3.05) is 26.0 Å². The lowest BCUT2D eigenvalue weighted by atomic mass is 10.0. The summed E-state index contributed by atoms with van der Waals surface area (Å²) in [6.45, 7) is 2.55. The number of amides is 2. The van der Waals surface area contributed by atoms with Crippen LogP contribution in [-0.4, -0.2) is 31.6 Å². The first-order chi connectivity index (χ1) is 11.5. The van der Waals surface area contributed by atoms with Gasteiger partial charge in [-0.15, -0.1) is 0 Å². The van der Waals surface area contributed by atoms with E-state index >= 15 is 0 Å². The van der Waals surface area contributed by atoms with E-state index in [9.17, 15) is 4.79 Å². The van der Waals surface area contributed by atoms with Gasteiger partial charge in [0.1, 0.15) is 0 Å². The third-order valence-electron chi connectivity index (χ3n) is 3.81. The topological polar surface area (TPSA) is 68.2 Å². The van der Waals surface area contributed by atoms with E-state index in [0.29, 0.717) is 17.8 Å². The van der Waals surface area contributed by atoms with Crippen LogP contribution in [0.3, 0.4) is 0 Å². The Balaban J connectivity index is 1.94. The molecule has 0 radical (unpaired) electrons. The van der Waals surface area contributed by atoms with E-state index in [1.165, 1.54) is 5.56 Å². The molecule has 124 valence electrons. The summed E-state index contributed by atoms with van der Waals surface area (Å²) in [5, 5.41) is 14.4. The SMILES string of the molecule is Cc1ccc([C@H](CNC(=O)Nc2ccc(C#N)cc2)N(C)C)cc1. The number of carbonyl (C=O) groups excluding carboxylic acids is 1. The van der Waals surface area contributed by atoms with Gasteiger partial charge >= 0.3 is 6.03 Å². The van der Waals surface area contributed by atoms with Crippen LogP contribution in [0.15, 0.2) is 48.5 Å². The summed E-state index contributed by atoms with van der Waals surface area (Å²) in [5.41, 5.74) is 3.59. The van der Waals surface area contributed by atoms with Crippen LogP contribution < -0.4 is 10.6 Å². The van der Waals surface area contributed by atoms with Crippen LogP contribution in [0.25, 0.3) is 0 Å². The molecule has 2 rings (SSSR count). The molecular formula is C19H22N4O. The molecule has 2 amide bonds. The molecule has 0 saturated heterocycles. The van der Waals surface area contributed by atoms with Crippen LogP contribution in [0.1, 0.15) is 22.7 Å². The fourth-order valence-electron chi connectivity index (χ4n) is 2.38. The van der Waals surface area contributed by atoms with Crippen LogP contribution in [0.2, 0.25) is 0 Å². The Morgan fingerprint density at radius 3 is 2.29 bits per heavy atom. The van der Waals surface area contributed by atoms with Crippen LogP contribution in [0, 0.1) is 18.3 Å². The molecule has 0 aliphatic heterocycles. The fourth-order valence-corrected chi connectivity index (χ4v) is 2.38. The van der Waals surface area contributed by atoms with Crippen LogP contribution in [0.5, 0.6) is 0 Å². The molecule has 2 aromatic carbocycles. The lowest BCUT2D eigenvalue weighted by Crippen LogP contribution is -2.36. The minimum atomic E-state index is -0.265. The zero-order chi connectivity index (χ0) is 17.5. The zero-order valence-corrected chi connectivity index (χ0v) is 14.2. The lowest BCUT2D eigenvalue weighted by molar-refractivity contribution is 0.243. The fraction of sp³-hybridized carbons (Fsp3) is 0.263. The normalized spacial score (nSPS) is 11.6. The Bertz CT molecular complexity index is 715. The maximum atomic E-state index is 12.1. The lowest BCUT2D eigenvalue weighted by Gasteiger charge is -2.25. The summed E-state index contributed by atoms with van der Waals surface area (Å²) in [5.74, 6) is 0. The van der Waals surface area contributed by atoms with Gasteiger partial charge in [-0.05, 0) is 50.8 Å². The Hall–Kier alpha value is -2.84. The second kappa shape index (κ2) is 8.14. The maximum absolute atomic E-state index is 12.1. The summed E-state index contributed by atoms with van der Waals surface area (Å²) in [6, 6.07) is 17.0. The standard InChI is InChI=1S/C19H22N4O/c1-14-4-8-16(9-5-14)18(23(2)3)13-21-19(24)22-17-10-6-15(12-20)7-11-17/h4-11,18H,13H2,1-3H3,(H2,21,22,24)/t18-/m0/s1. The quantitative estimate of drug-likeness (QED) is 0.887. The molecule has 0 aliphatic rings. The summed E-state index contributed by atoms with van der Waals surface area (Å²) < 4.78 is 0. The van der Waals surface area contributed by atoms with Crippen molar-refractivity contribution in [3.05, 3.63) is 65.2 Å². The van der Waals surface area contributed by atoms with Crippen LogP contribution >= 0.6 is 0 Å². The van der Waals surface area contributed by atoms with Crippen molar-refractivity contribution in [3.63, 3.8) is 0 Å². The van der Waals surface area contributed by atoms with Gasteiger partial charge < -0.3 is 15.5 Å². The molecule has 5 heteroatoms. The van der Waals surface area contributed by atoms with Gasteiger partial charge in [-0.1, -0.05) is 29.8 Å². The van der Waals surface area contributed by atoms with Crippen molar-refractivity contribution in [1.82, 2.24) is 10.2 Å². The first-order valence-electron chi connectivity index (χ1n) is 7.77. The van der Waals surface area contributed by atoms with Gasteiger partial charge in [-0.25, -0.2) is 4.79 Å². The van der Waals surface area contributed by atoms with Gasteiger partial charge in [0.05, 0.1) is 17.7 Å². The van der Waals surface area contributed by atoms with Crippen molar-refractivity contribution in [2.45, 2.75) is 13.0 Å². The van der Waals surface area contributed by atoms with E-state index in [1.54, 1.807) is 24.3 Å². The molecule has 0 aliphatic carbocycles. The van der Waals surface area contributed by atoms with Gasteiger partial charge in [0.2, 0.25) is 0 Å². The Morgan fingerprint density at radius 1 is 1.12 bits per heavy atom. The van der Waals surface area contributed by atoms with Crippen molar-refractivity contribution >= 4 is 11.7 Å². The van der Waals surface area contributed by atoms with Crippen molar-refractivity contribution in [1.29, 1.82) is 5.26 Å². The second-order valence-electron chi connectivity index (χ2n) is 5.91. The molecular weight excluding hydrogens is 300 g/mol. The number of benzene rings is 2. The van der Waals surface area contributed by atoms with Crippen LogP contribution in [0.4, 0.5) is 10.5 Å². The average molecular weight is 322 g/mol. The molecule has 1 atom stereocenters. The van der Waals surface area contributed by atoms with Crippen molar-refractivity contribution in [3.8, 4) is 6.07 Å². The van der Waals surface area contributed by atoms with Crippen molar-refractivity contribution < 1.29 is 4.79 Å². The molecule has 0 spiro atoms. The number of aryl methyl sites for hydroxylation is 1. The molecule has 2 aromatic rings. The predicted octanol–water partition coefficient (Wildman–Crippen LogP) is 3.29. The predicted molar refractivity (Wildman–Crippen MR) is 95.8 cm³/mol. The molecule has 5 nitrogen and oxygen atoms in total. The number of carbonyl (C=O) groups is 1. The number of anilines is 1. The number of hydrogen-bond donors (Lipinski definition) is 2. The number of rotatable bonds is 5. The van der Waals surface area contributed by atoms with Gasteiger partial charge in [-0.2, -0.15) is 5.26 Å². The Labute approximate surface area is 142 Å². The highest BCUT2D eigenvalue weighted by molar-refractivity contribution is 5.89. The monoisotopic (exact) mass is 322 g/mol. The average Bonchev–Trinajstić information content (AvgIpc) is 2.57. The van der Waals surface area contributed by atoms with Crippen molar-refractivity contribution in [2.24, 2.45) is 0 Å². The van der Waals surface area contributed by atoms with E-state index in [1.807, 2.05) is 20.2 Å².